The minimum atomic E-state index is 0.423. The van der Waals surface area contributed by atoms with E-state index in [4.69, 9.17) is 9.97 Å². The van der Waals surface area contributed by atoms with E-state index in [1.165, 1.54) is 10.8 Å². The minimum Gasteiger partial charge on any atom is -0.310 e. The molecular weight excluding hydrogens is 805 g/mol. The highest BCUT2D eigenvalue weighted by atomic mass is 15.1. The molecule has 6 heteroatoms. The number of para-hydroxylation sites is 3. The van der Waals surface area contributed by atoms with Crippen molar-refractivity contribution in [2.24, 2.45) is 0 Å². The van der Waals surface area contributed by atoms with Gasteiger partial charge in [0.1, 0.15) is 0 Å². The van der Waals surface area contributed by atoms with Gasteiger partial charge in [0.2, 0.25) is 0 Å². The summed E-state index contributed by atoms with van der Waals surface area (Å²) < 4.78 is 2.34. The first-order valence-corrected chi connectivity index (χ1v) is 21.8. The van der Waals surface area contributed by atoms with Gasteiger partial charge < -0.3 is 9.47 Å². The summed E-state index contributed by atoms with van der Waals surface area (Å²) in [7, 11) is 0. The van der Waals surface area contributed by atoms with E-state index < -0.39 is 0 Å². The number of hydrogen-bond donors (Lipinski definition) is 0. The number of fused-ring (bicyclic) bond motifs is 3. The zero-order valence-corrected chi connectivity index (χ0v) is 35.6. The molecule has 0 saturated heterocycles. The Hall–Kier alpha value is -9.36. The third-order valence-corrected chi connectivity index (χ3v) is 12.1. The van der Waals surface area contributed by atoms with Crippen LogP contribution in [0.5, 0.6) is 0 Å². The number of anilines is 3. The molecule has 0 amide bonds. The van der Waals surface area contributed by atoms with Gasteiger partial charge in [-0.3, -0.25) is 0 Å². The molecule has 0 bridgehead atoms. The van der Waals surface area contributed by atoms with Crippen LogP contribution in [0.3, 0.4) is 0 Å². The SMILES string of the molecule is N#Cc1cc(-c2cc(-c3ccccc3)nc(-c3ccccc3)n2)c(C#N)cc1-c1ccc(-c2ccc(-n3c4ccccc4c4cc(N(c5ccccc5)c5ccccc5)ccc43)cc2)cc1. The number of hydrogen-bond acceptors (Lipinski definition) is 5. The molecule has 2 aromatic heterocycles. The third kappa shape index (κ3) is 7.31. The second-order valence-corrected chi connectivity index (χ2v) is 16.0. The summed E-state index contributed by atoms with van der Waals surface area (Å²) in [6.07, 6.45) is 0. The van der Waals surface area contributed by atoms with Crippen LogP contribution in [0.4, 0.5) is 17.1 Å². The highest BCUT2D eigenvalue weighted by Crippen LogP contribution is 2.40. The number of rotatable bonds is 9. The van der Waals surface area contributed by atoms with Crippen molar-refractivity contribution in [3.05, 3.63) is 242 Å². The fourth-order valence-corrected chi connectivity index (χ4v) is 8.92. The van der Waals surface area contributed by atoms with Crippen molar-refractivity contribution < 1.29 is 0 Å². The van der Waals surface area contributed by atoms with Gasteiger partial charge in [0.15, 0.2) is 5.82 Å². The Labute approximate surface area is 382 Å². The van der Waals surface area contributed by atoms with Gasteiger partial charge in [-0.1, -0.05) is 152 Å². The van der Waals surface area contributed by atoms with Crippen LogP contribution in [0.1, 0.15) is 11.1 Å². The molecule has 0 N–H and O–H groups in total. The molecule has 2 heterocycles. The van der Waals surface area contributed by atoms with Crippen LogP contribution >= 0.6 is 0 Å². The van der Waals surface area contributed by atoms with Crippen LogP contribution in [-0.4, -0.2) is 14.5 Å². The topological polar surface area (TPSA) is 81.5 Å². The van der Waals surface area contributed by atoms with Crippen molar-refractivity contribution in [2.75, 3.05) is 4.90 Å². The van der Waals surface area contributed by atoms with Crippen molar-refractivity contribution in [3.8, 4) is 74.0 Å². The van der Waals surface area contributed by atoms with Gasteiger partial charge in [-0.25, -0.2) is 9.97 Å². The summed E-state index contributed by atoms with van der Waals surface area (Å²) in [6, 6.07) is 83.1. The lowest BCUT2D eigenvalue weighted by molar-refractivity contribution is 1.18. The zero-order valence-electron chi connectivity index (χ0n) is 35.6. The predicted molar refractivity (Wildman–Crippen MR) is 268 cm³/mol. The van der Waals surface area contributed by atoms with Gasteiger partial charge >= 0.3 is 0 Å². The Bertz CT molecular complexity index is 3530. The van der Waals surface area contributed by atoms with Crippen molar-refractivity contribution in [3.63, 3.8) is 0 Å². The van der Waals surface area contributed by atoms with Gasteiger partial charge in [0, 0.05) is 55.8 Å². The quantitative estimate of drug-likeness (QED) is 0.145. The third-order valence-electron chi connectivity index (χ3n) is 12.1. The van der Waals surface area contributed by atoms with Crippen molar-refractivity contribution in [1.29, 1.82) is 10.5 Å². The van der Waals surface area contributed by atoms with Gasteiger partial charge in [0.05, 0.1) is 45.7 Å². The summed E-state index contributed by atoms with van der Waals surface area (Å²) in [5, 5.41) is 23.4. The molecule has 0 aliphatic heterocycles. The molecule has 0 aliphatic carbocycles. The smallest absolute Gasteiger partial charge is 0.160 e. The molecule has 308 valence electrons. The molecule has 66 heavy (non-hydrogen) atoms. The second kappa shape index (κ2) is 17.1. The van der Waals surface area contributed by atoms with Gasteiger partial charge in [-0.2, -0.15) is 10.5 Å². The Balaban J connectivity index is 0.917. The van der Waals surface area contributed by atoms with Gasteiger partial charge in [-0.05, 0) is 95.6 Å². The summed E-state index contributed by atoms with van der Waals surface area (Å²) in [5.41, 5.74) is 14.8. The number of aromatic nitrogens is 3. The Kier molecular flexibility index (Phi) is 10.2. The first kappa shape index (κ1) is 39.5. The van der Waals surface area contributed by atoms with E-state index in [9.17, 15) is 10.5 Å². The molecule has 0 fully saturated rings. The second-order valence-electron chi connectivity index (χ2n) is 16.0. The van der Waals surface area contributed by atoms with Gasteiger partial charge in [-0.15, -0.1) is 0 Å². The fraction of sp³-hybridized carbons (Fsp3) is 0. The molecule has 11 aromatic rings. The number of nitriles is 2. The van der Waals surface area contributed by atoms with E-state index in [0.29, 0.717) is 33.8 Å². The summed E-state index contributed by atoms with van der Waals surface area (Å²) >= 11 is 0. The average Bonchev–Trinajstić information content (AvgIpc) is 3.73. The lowest BCUT2D eigenvalue weighted by Crippen LogP contribution is -2.09. The van der Waals surface area contributed by atoms with Crippen LogP contribution in [0.15, 0.2) is 231 Å². The Morgan fingerprint density at radius 2 is 0.864 bits per heavy atom. The number of nitrogens with zero attached hydrogens (tertiary/aromatic N) is 6. The van der Waals surface area contributed by atoms with E-state index in [1.807, 2.05) is 91.0 Å². The molecule has 6 nitrogen and oxygen atoms in total. The first-order valence-electron chi connectivity index (χ1n) is 21.8. The monoisotopic (exact) mass is 842 g/mol. The van der Waals surface area contributed by atoms with Crippen molar-refractivity contribution in [1.82, 2.24) is 14.5 Å². The van der Waals surface area contributed by atoms with Crippen LogP contribution < -0.4 is 4.90 Å². The van der Waals surface area contributed by atoms with Crippen LogP contribution in [0.25, 0.3) is 83.6 Å². The maximum Gasteiger partial charge on any atom is 0.160 e. The largest absolute Gasteiger partial charge is 0.310 e. The fourth-order valence-electron chi connectivity index (χ4n) is 8.92. The standard InChI is InChI=1S/C60H38N6/c61-39-46-36-54(57-38-56(44-15-5-1-6-16-44)63-60(64-57)45-17-7-2-8-18-45)47(40-62)35-53(46)43-27-25-41(26-28-43)42-29-31-50(32-30-42)66-58-24-14-13-23-52(58)55-37-51(33-34-59(55)66)65(48-19-9-3-10-20-48)49-21-11-4-12-22-49/h1-38H. The lowest BCUT2D eigenvalue weighted by atomic mass is 9.92. The lowest BCUT2D eigenvalue weighted by Gasteiger charge is -2.25. The molecule has 0 saturated carbocycles. The Morgan fingerprint density at radius 1 is 0.364 bits per heavy atom. The molecule has 0 spiro atoms. The van der Waals surface area contributed by atoms with E-state index in [1.54, 1.807) is 12.1 Å². The first-order chi connectivity index (χ1) is 32.6. The highest BCUT2D eigenvalue weighted by Gasteiger charge is 2.19. The van der Waals surface area contributed by atoms with Gasteiger partial charge in [0.25, 0.3) is 0 Å². The van der Waals surface area contributed by atoms with E-state index in [2.05, 4.69) is 149 Å². The van der Waals surface area contributed by atoms with Crippen molar-refractivity contribution in [2.45, 2.75) is 0 Å². The molecular formula is C60H38N6. The summed E-state index contributed by atoms with van der Waals surface area (Å²) in [4.78, 5) is 12.1. The maximum absolute atomic E-state index is 10.5. The van der Waals surface area contributed by atoms with Crippen LogP contribution in [0, 0.1) is 22.7 Å². The zero-order chi connectivity index (χ0) is 44.4. The molecule has 0 unspecified atom stereocenters. The average molecular weight is 843 g/mol. The summed E-state index contributed by atoms with van der Waals surface area (Å²) in [5.74, 6) is 0.542. The molecule has 11 rings (SSSR count). The number of benzene rings is 9. The predicted octanol–water partition coefficient (Wildman–Crippen LogP) is 15.1. The normalized spacial score (nSPS) is 11.0. The van der Waals surface area contributed by atoms with E-state index in [0.717, 1.165) is 67.3 Å². The highest BCUT2D eigenvalue weighted by molar-refractivity contribution is 6.10. The van der Waals surface area contributed by atoms with Crippen molar-refractivity contribution >= 4 is 38.9 Å². The maximum atomic E-state index is 10.5. The van der Waals surface area contributed by atoms with Crippen LogP contribution in [0.2, 0.25) is 0 Å². The molecule has 0 aliphatic rings. The van der Waals surface area contributed by atoms with E-state index in [-0.39, 0.29) is 0 Å². The van der Waals surface area contributed by atoms with E-state index >= 15 is 0 Å². The Morgan fingerprint density at radius 3 is 1.50 bits per heavy atom. The van der Waals surface area contributed by atoms with Crippen LogP contribution in [-0.2, 0) is 0 Å². The molecule has 9 aromatic carbocycles. The molecule has 0 atom stereocenters. The molecule has 0 radical (unpaired) electrons. The minimum absolute atomic E-state index is 0.423. The summed E-state index contributed by atoms with van der Waals surface area (Å²) in [6.45, 7) is 0.